The number of nitrogens with one attached hydrogen (secondary N) is 1. The monoisotopic (exact) mass is 262 g/mol. The highest BCUT2D eigenvalue weighted by Gasteiger charge is 2.45. The normalized spacial score (nSPS) is 20.4. The van der Waals surface area contributed by atoms with E-state index >= 15 is 0 Å². The van der Waals surface area contributed by atoms with Crippen LogP contribution >= 0.6 is 12.4 Å². The molecule has 1 aliphatic rings. The summed E-state index contributed by atoms with van der Waals surface area (Å²) in [5.41, 5.74) is 6.25. The molecule has 0 aliphatic heterocycles. The van der Waals surface area contributed by atoms with Gasteiger partial charge in [-0.3, -0.25) is 4.79 Å². The van der Waals surface area contributed by atoms with Crippen molar-refractivity contribution in [3.05, 3.63) is 0 Å². The van der Waals surface area contributed by atoms with Crippen molar-refractivity contribution in [2.75, 3.05) is 6.54 Å². The van der Waals surface area contributed by atoms with Gasteiger partial charge in [-0.2, -0.15) is 0 Å². The second-order valence-electron chi connectivity index (χ2n) is 5.65. The van der Waals surface area contributed by atoms with Crippen molar-refractivity contribution in [2.45, 2.75) is 53.0 Å². The fourth-order valence-electron chi connectivity index (χ4n) is 2.01. The first-order valence-corrected chi connectivity index (χ1v) is 6.46. The maximum atomic E-state index is 11.8. The third-order valence-corrected chi connectivity index (χ3v) is 4.29. The lowest BCUT2D eigenvalue weighted by atomic mass is 9.92. The molecule has 0 radical (unpaired) electrons. The standard InChI is InChI=1S/C13H26N2O.ClH/c1-5-10(4)11(14)12(16)15-8-13(6-7-13)9(2)3;/h9-11H,5-8,14H2,1-4H3,(H,15,16);1H. The lowest BCUT2D eigenvalue weighted by Crippen LogP contribution is -2.46. The Morgan fingerprint density at radius 1 is 1.35 bits per heavy atom. The maximum Gasteiger partial charge on any atom is 0.237 e. The van der Waals surface area contributed by atoms with Gasteiger partial charge in [-0.15, -0.1) is 12.4 Å². The number of carbonyl (C=O) groups is 1. The van der Waals surface area contributed by atoms with E-state index in [9.17, 15) is 4.79 Å². The van der Waals surface area contributed by atoms with Crippen LogP contribution in [0, 0.1) is 17.3 Å². The molecule has 3 nitrogen and oxygen atoms in total. The molecule has 2 unspecified atom stereocenters. The van der Waals surface area contributed by atoms with Crippen molar-refractivity contribution in [3.8, 4) is 0 Å². The van der Waals surface area contributed by atoms with Crippen LogP contribution in [0.5, 0.6) is 0 Å². The summed E-state index contributed by atoms with van der Waals surface area (Å²) in [6, 6.07) is -0.354. The van der Waals surface area contributed by atoms with Gasteiger partial charge in [0.15, 0.2) is 0 Å². The second-order valence-corrected chi connectivity index (χ2v) is 5.65. The highest BCUT2D eigenvalue weighted by molar-refractivity contribution is 5.85. The minimum absolute atomic E-state index is 0. The van der Waals surface area contributed by atoms with Gasteiger partial charge >= 0.3 is 0 Å². The first kappa shape index (κ1) is 16.7. The topological polar surface area (TPSA) is 55.1 Å². The zero-order chi connectivity index (χ0) is 12.3. The Hall–Kier alpha value is -0.280. The Bertz CT molecular complexity index is 252. The van der Waals surface area contributed by atoms with Crippen LogP contribution in [-0.4, -0.2) is 18.5 Å². The minimum Gasteiger partial charge on any atom is -0.354 e. The SMILES string of the molecule is CCC(C)C(N)C(=O)NCC1(C(C)C)CC1.Cl. The van der Waals surface area contributed by atoms with Crippen LogP contribution in [0.3, 0.4) is 0 Å². The van der Waals surface area contributed by atoms with Crippen LogP contribution in [-0.2, 0) is 4.79 Å². The van der Waals surface area contributed by atoms with Crippen LogP contribution in [0.2, 0.25) is 0 Å². The van der Waals surface area contributed by atoms with Crippen molar-refractivity contribution in [1.29, 1.82) is 0 Å². The molecule has 0 aromatic heterocycles. The average Bonchev–Trinajstić information content (AvgIpc) is 3.04. The Labute approximate surface area is 111 Å². The summed E-state index contributed by atoms with van der Waals surface area (Å²) in [6.07, 6.45) is 3.43. The third kappa shape index (κ3) is 4.14. The summed E-state index contributed by atoms with van der Waals surface area (Å²) in [7, 11) is 0. The first-order chi connectivity index (χ1) is 7.43. The van der Waals surface area contributed by atoms with E-state index in [1.165, 1.54) is 12.8 Å². The molecule has 4 heteroatoms. The molecule has 0 heterocycles. The van der Waals surface area contributed by atoms with E-state index in [0.717, 1.165) is 13.0 Å². The van der Waals surface area contributed by atoms with E-state index in [1.54, 1.807) is 0 Å². The molecule has 1 aliphatic carbocycles. The van der Waals surface area contributed by atoms with Gasteiger partial charge in [0.2, 0.25) is 5.91 Å². The average molecular weight is 263 g/mol. The highest BCUT2D eigenvalue weighted by atomic mass is 35.5. The van der Waals surface area contributed by atoms with Gasteiger partial charge < -0.3 is 11.1 Å². The fourth-order valence-corrected chi connectivity index (χ4v) is 2.01. The van der Waals surface area contributed by atoms with Crippen molar-refractivity contribution in [2.24, 2.45) is 23.0 Å². The molecule has 1 rings (SSSR count). The minimum atomic E-state index is -0.354. The number of carbonyl (C=O) groups excluding carboxylic acids is 1. The Balaban J connectivity index is 0.00000256. The number of hydrogen-bond donors (Lipinski definition) is 2. The van der Waals surface area contributed by atoms with Crippen molar-refractivity contribution in [1.82, 2.24) is 5.32 Å². The summed E-state index contributed by atoms with van der Waals surface area (Å²) in [5, 5.41) is 3.02. The van der Waals surface area contributed by atoms with Crippen LogP contribution in [0.1, 0.15) is 47.0 Å². The number of nitrogens with two attached hydrogens (primary N) is 1. The zero-order valence-corrected chi connectivity index (χ0v) is 12.3. The van der Waals surface area contributed by atoms with E-state index in [2.05, 4.69) is 26.1 Å². The largest absolute Gasteiger partial charge is 0.354 e. The summed E-state index contributed by atoms with van der Waals surface area (Å²) >= 11 is 0. The first-order valence-electron chi connectivity index (χ1n) is 6.46. The Morgan fingerprint density at radius 2 is 1.88 bits per heavy atom. The van der Waals surface area contributed by atoms with E-state index in [1.807, 2.05) is 6.92 Å². The number of amides is 1. The molecular formula is C13H27ClN2O. The van der Waals surface area contributed by atoms with Gasteiger partial charge in [0, 0.05) is 6.54 Å². The van der Waals surface area contributed by atoms with Gasteiger partial charge in [-0.05, 0) is 30.1 Å². The molecule has 0 saturated heterocycles. The van der Waals surface area contributed by atoms with Gasteiger partial charge in [0.05, 0.1) is 6.04 Å². The fraction of sp³-hybridized carbons (Fsp3) is 0.923. The van der Waals surface area contributed by atoms with E-state index in [-0.39, 0.29) is 30.3 Å². The molecule has 0 aromatic carbocycles. The molecule has 1 amide bonds. The van der Waals surface area contributed by atoms with Crippen molar-refractivity contribution < 1.29 is 4.79 Å². The number of rotatable bonds is 6. The molecule has 0 aromatic rings. The van der Waals surface area contributed by atoms with Gasteiger partial charge in [-0.1, -0.05) is 34.1 Å². The smallest absolute Gasteiger partial charge is 0.237 e. The van der Waals surface area contributed by atoms with Crippen LogP contribution in [0.15, 0.2) is 0 Å². The van der Waals surface area contributed by atoms with Gasteiger partial charge in [0.25, 0.3) is 0 Å². The summed E-state index contributed by atoms with van der Waals surface area (Å²) in [6.45, 7) is 9.35. The lowest BCUT2D eigenvalue weighted by molar-refractivity contribution is -0.123. The molecule has 2 atom stereocenters. The van der Waals surface area contributed by atoms with Gasteiger partial charge in [-0.25, -0.2) is 0 Å². The van der Waals surface area contributed by atoms with E-state index < -0.39 is 0 Å². The molecule has 0 bridgehead atoms. The molecule has 102 valence electrons. The molecule has 1 fully saturated rings. The predicted octanol–water partition coefficient (Wildman–Crippen LogP) is 2.33. The molecule has 0 spiro atoms. The number of hydrogen-bond acceptors (Lipinski definition) is 2. The third-order valence-electron chi connectivity index (χ3n) is 4.29. The molecule has 3 N–H and O–H groups in total. The van der Waals surface area contributed by atoms with Crippen LogP contribution < -0.4 is 11.1 Å². The zero-order valence-electron chi connectivity index (χ0n) is 11.5. The number of halogens is 1. The quantitative estimate of drug-likeness (QED) is 0.772. The van der Waals surface area contributed by atoms with Gasteiger partial charge in [0.1, 0.15) is 0 Å². The van der Waals surface area contributed by atoms with Crippen molar-refractivity contribution >= 4 is 18.3 Å². The predicted molar refractivity (Wildman–Crippen MR) is 74.2 cm³/mol. The Morgan fingerprint density at radius 3 is 2.24 bits per heavy atom. The second kappa shape index (κ2) is 6.60. The maximum absolute atomic E-state index is 11.8. The van der Waals surface area contributed by atoms with E-state index in [0.29, 0.717) is 11.3 Å². The lowest BCUT2D eigenvalue weighted by Gasteiger charge is -2.23. The van der Waals surface area contributed by atoms with Crippen LogP contribution in [0.25, 0.3) is 0 Å². The Kier molecular flexibility index (Phi) is 6.49. The summed E-state index contributed by atoms with van der Waals surface area (Å²) in [4.78, 5) is 11.8. The van der Waals surface area contributed by atoms with E-state index in [4.69, 9.17) is 5.73 Å². The summed E-state index contributed by atoms with van der Waals surface area (Å²) < 4.78 is 0. The highest BCUT2D eigenvalue weighted by Crippen LogP contribution is 2.51. The molecule has 17 heavy (non-hydrogen) atoms. The van der Waals surface area contributed by atoms with Crippen molar-refractivity contribution in [3.63, 3.8) is 0 Å². The molecular weight excluding hydrogens is 236 g/mol. The summed E-state index contributed by atoms with van der Waals surface area (Å²) in [5.74, 6) is 0.920. The van der Waals surface area contributed by atoms with Crippen LogP contribution in [0.4, 0.5) is 0 Å². The molecule has 1 saturated carbocycles.